The smallest absolute Gasteiger partial charge is 0.165 e. The van der Waals surface area contributed by atoms with Gasteiger partial charge in [0.15, 0.2) is 5.82 Å². The molecule has 1 saturated heterocycles. The lowest BCUT2D eigenvalue weighted by atomic mass is 10.2. The quantitative estimate of drug-likeness (QED) is 0.843. The van der Waals surface area contributed by atoms with Crippen LogP contribution in [-0.2, 0) is 0 Å². The van der Waals surface area contributed by atoms with Crippen LogP contribution in [0.25, 0.3) is 11.4 Å². The fraction of sp³-hybridized carbons (Fsp3) is 0.462. The molecule has 3 rings (SSSR count). The number of H-pyrrole nitrogens is 1. The minimum Gasteiger partial charge on any atom is -0.391 e. The van der Waals surface area contributed by atoms with Crippen LogP contribution in [0, 0.1) is 13.8 Å². The van der Waals surface area contributed by atoms with E-state index in [4.69, 9.17) is 0 Å². The predicted molar refractivity (Wildman–Crippen MR) is 71.9 cm³/mol. The molecule has 1 fully saturated rings. The van der Waals surface area contributed by atoms with E-state index in [1.165, 1.54) is 0 Å². The van der Waals surface area contributed by atoms with Crippen LogP contribution in [0.2, 0.25) is 0 Å². The second kappa shape index (κ2) is 4.62. The maximum absolute atomic E-state index is 9.60. The van der Waals surface area contributed by atoms with Crippen LogP contribution in [-0.4, -0.2) is 44.5 Å². The van der Waals surface area contributed by atoms with Crippen LogP contribution < -0.4 is 4.90 Å². The van der Waals surface area contributed by atoms with E-state index in [0.29, 0.717) is 12.4 Å². The van der Waals surface area contributed by atoms with Crippen molar-refractivity contribution in [3.05, 3.63) is 23.7 Å². The molecule has 0 aliphatic carbocycles. The lowest BCUT2D eigenvalue weighted by molar-refractivity contribution is 0.198. The molecule has 1 aliphatic heterocycles. The van der Waals surface area contributed by atoms with Crippen molar-refractivity contribution in [3.63, 3.8) is 0 Å². The number of aliphatic hydroxyl groups excluding tert-OH is 1. The number of aryl methyl sites for hydroxylation is 2. The number of aromatic amines is 1. The molecule has 2 N–H and O–H groups in total. The first kappa shape index (κ1) is 12.1. The van der Waals surface area contributed by atoms with Crippen molar-refractivity contribution in [3.8, 4) is 11.4 Å². The second-order valence-corrected chi connectivity index (χ2v) is 4.94. The Hall–Kier alpha value is -1.95. The number of anilines is 1. The first-order chi connectivity index (χ1) is 9.15. The zero-order valence-corrected chi connectivity index (χ0v) is 11.1. The summed E-state index contributed by atoms with van der Waals surface area (Å²) in [6.45, 7) is 5.38. The summed E-state index contributed by atoms with van der Waals surface area (Å²) in [5.74, 6) is 1.55. The highest BCUT2D eigenvalue weighted by Crippen LogP contribution is 2.24. The third kappa shape index (κ3) is 2.19. The minimum atomic E-state index is -0.254. The predicted octanol–water partition coefficient (Wildman–Crippen LogP) is 1.05. The van der Waals surface area contributed by atoms with Crippen molar-refractivity contribution in [2.45, 2.75) is 26.4 Å². The average molecular weight is 259 g/mol. The maximum Gasteiger partial charge on any atom is 0.165 e. The molecule has 3 heterocycles. The van der Waals surface area contributed by atoms with Gasteiger partial charge in [-0.2, -0.15) is 5.10 Å². The third-order valence-electron chi connectivity index (χ3n) is 3.48. The van der Waals surface area contributed by atoms with Gasteiger partial charge in [0.25, 0.3) is 0 Å². The topological polar surface area (TPSA) is 77.9 Å². The summed E-state index contributed by atoms with van der Waals surface area (Å²) >= 11 is 0. The molecule has 6 nitrogen and oxygen atoms in total. The number of hydrogen-bond donors (Lipinski definition) is 2. The number of hydrogen-bond acceptors (Lipinski definition) is 5. The van der Waals surface area contributed by atoms with Crippen LogP contribution >= 0.6 is 0 Å². The van der Waals surface area contributed by atoms with E-state index in [-0.39, 0.29) is 6.10 Å². The van der Waals surface area contributed by atoms with Gasteiger partial charge in [-0.05, 0) is 26.3 Å². The Bertz CT molecular complexity index is 575. The summed E-state index contributed by atoms with van der Waals surface area (Å²) in [6.07, 6.45) is 2.30. The lowest BCUT2D eigenvalue weighted by Crippen LogP contribution is -2.22. The van der Waals surface area contributed by atoms with Crippen LogP contribution in [0.15, 0.2) is 12.3 Å². The average Bonchev–Trinajstić information content (AvgIpc) is 2.97. The Kier molecular flexibility index (Phi) is 2.94. The Labute approximate surface area is 111 Å². The van der Waals surface area contributed by atoms with E-state index >= 15 is 0 Å². The van der Waals surface area contributed by atoms with Gasteiger partial charge in [-0.3, -0.25) is 5.10 Å². The summed E-state index contributed by atoms with van der Waals surface area (Å²) in [5, 5.41) is 16.7. The van der Waals surface area contributed by atoms with Crippen LogP contribution in [0.1, 0.15) is 17.8 Å². The Morgan fingerprint density at radius 2 is 2.26 bits per heavy atom. The van der Waals surface area contributed by atoms with E-state index in [0.717, 1.165) is 35.7 Å². The lowest BCUT2D eigenvalue weighted by Gasteiger charge is -2.16. The fourth-order valence-corrected chi connectivity index (χ4v) is 2.48. The van der Waals surface area contributed by atoms with E-state index in [2.05, 4.69) is 25.1 Å². The van der Waals surface area contributed by atoms with Crippen LogP contribution in [0.3, 0.4) is 0 Å². The fourth-order valence-electron chi connectivity index (χ4n) is 2.48. The summed E-state index contributed by atoms with van der Waals surface area (Å²) < 4.78 is 0. The van der Waals surface area contributed by atoms with E-state index in [1.807, 2.05) is 19.9 Å². The van der Waals surface area contributed by atoms with Gasteiger partial charge in [0.1, 0.15) is 5.82 Å². The molecule has 0 unspecified atom stereocenters. The number of rotatable bonds is 2. The summed E-state index contributed by atoms with van der Waals surface area (Å²) in [4.78, 5) is 11.0. The minimum absolute atomic E-state index is 0.254. The van der Waals surface area contributed by atoms with Gasteiger partial charge in [0.2, 0.25) is 0 Å². The summed E-state index contributed by atoms with van der Waals surface area (Å²) in [5.41, 5.74) is 2.83. The third-order valence-corrected chi connectivity index (χ3v) is 3.48. The van der Waals surface area contributed by atoms with Gasteiger partial charge in [-0.15, -0.1) is 0 Å². The molecular weight excluding hydrogens is 242 g/mol. The number of nitrogens with zero attached hydrogens (tertiary/aromatic N) is 4. The zero-order valence-electron chi connectivity index (χ0n) is 11.1. The molecule has 0 saturated carbocycles. The molecule has 6 heteroatoms. The number of nitrogens with one attached hydrogen (secondary N) is 1. The molecule has 100 valence electrons. The molecule has 2 aromatic heterocycles. The highest BCUT2D eigenvalue weighted by atomic mass is 16.3. The Morgan fingerprint density at radius 3 is 2.89 bits per heavy atom. The molecule has 0 radical (unpaired) electrons. The van der Waals surface area contributed by atoms with Crippen LogP contribution in [0.4, 0.5) is 5.82 Å². The van der Waals surface area contributed by atoms with Gasteiger partial charge < -0.3 is 10.0 Å². The summed E-state index contributed by atoms with van der Waals surface area (Å²) in [7, 11) is 0. The Morgan fingerprint density at radius 1 is 1.42 bits per heavy atom. The van der Waals surface area contributed by atoms with Gasteiger partial charge in [0.05, 0.1) is 17.4 Å². The molecule has 0 bridgehead atoms. The van der Waals surface area contributed by atoms with E-state index < -0.39 is 0 Å². The zero-order chi connectivity index (χ0) is 13.4. The first-order valence-electron chi connectivity index (χ1n) is 6.43. The van der Waals surface area contributed by atoms with Crippen molar-refractivity contribution < 1.29 is 5.11 Å². The standard InChI is InChI=1S/C13H17N5O/c1-8-12(9(2)17-16-8)13-14-5-3-11(15-13)18-6-4-10(19)7-18/h3,5,10,19H,4,6-7H2,1-2H3,(H,16,17)/t10-/m0/s1. The van der Waals surface area contributed by atoms with Crippen molar-refractivity contribution in [2.24, 2.45) is 0 Å². The molecular formula is C13H17N5O. The summed E-state index contributed by atoms with van der Waals surface area (Å²) in [6, 6.07) is 1.88. The molecule has 19 heavy (non-hydrogen) atoms. The molecule has 0 amide bonds. The first-order valence-corrected chi connectivity index (χ1v) is 6.43. The van der Waals surface area contributed by atoms with Crippen molar-refractivity contribution in [1.29, 1.82) is 0 Å². The van der Waals surface area contributed by atoms with Crippen LogP contribution in [0.5, 0.6) is 0 Å². The van der Waals surface area contributed by atoms with E-state index in [9.17, 15) is 5.11 Å². The molecule has 1 atom stereocenters. The molecule has 0 aromatic carbocycles. The van der Waals surface area contributed by atoms with Crippen molar-refractivity contribution in [2.75, 3.05) is 18.0 Å². The number of β-amino-alcohol motifs (C(OH)–C–C–N with tert-alkyl or cyclic N) is 1. The molecule has 1 aliphatic rings. The van der Waals surface area contributed by atoms with Gasteiger partial charge in [-0.1, -0.05) is 0 Å². The van der Waals surface area contributed by atoms with Gasteiger partial charge >= 0.3 is 0 Å². The molecule has 2 aromatic rings. The maximum atomic E-state index is 9.60. The number of aliphatic hydroxyl groups is 1. The normalized spacial score (nSPS) is 19.1. The van der Waals surface area contributed by atoms with Gasteiger partial charge in [0, 0.05) is 25.0 Å². The van der Waals surface area contributed by atoms with Gasteiger partial charge in [-0.25, -0.2) is 9.97 Å². The SMILES string of the molecule is Cc1n[nH]c(C)c1-c1nccc(N2CC[C@H](O)C2)n1. The highest BCUT2D eigenvalue weighted by Gasteiger charge is 2.22. The number of aromatic nitrogens is 4. The van der Waals surface area contributed by atoms with Crippen molar-refractivity contribution in [1.82, 2.24) is 20.2 Å². The second-order valence-electron chi connectivity index (χ2n) is 4.94. The molecule has 0 spiro atoms. The van der Waals surface area contributed by atoms with E-state index in [1.54, 1.807) is 6.20 Å². The largest absolute Gasteiger partial charge is 0.391 e. The van der Waals surface area contributed by atoms with Crippen molar-refractivity contribution >= 4 is 5.82 Å². The highest BCUT2D eigenvalue weighted by molar-refractivity contribution is 5.62. The monoisotopic (exact) mass is 259 g/mol. The Balaban J connectivity index is 1.96.